The van der Waals surface area contributed by atoms with Crippen molar-refractivity contribution in [3.8, 4) is 0 Å². The molecule has 1 aliphatic heterocycles. The van der Waals surface area contributed by atoms with E-state index < -0.39 is 19.1 Å². The third-order valence-electron chi connectivity index (χ3n) is 1.20. The molecule has 1 rings (SSSR count). The van der Waals surface area contributed by atoms with E-state index in [1.54, 1.807) is 0 Å². The Morgan fingerprint density at radius 2 is 2.67 bits per heavy atom. The standard InChI is InChI=1S/C6H7FN2O3/c7-3-12-5-2-8-4(1-9-5)6(10)11/h1-2,5,9H,3H2,(H,10,11). The molecule has 0 aromatic rings. The van der Waals surface area contributed by atoms with Gasteiger partial charge in [-0.2, -0.15) is 0 Å². The van der Waals surface area contributed by atoms with Crippen LogP contribution in [0.2, 0.25) is 0 Å². The highest BCUT2D eigenvalue weighted by molar-refractivity contribution is 5.89. The molecule has 0 amide bonds. The molecular weight excluding hydrogens is 167 g/mol. The Bertz CT molecular complexity index is 239. The van der Waals surface area contributed by atoms with Crippen molar-refractivity contribution in [2.75, 3.05) is 6.86 Å². The third kappa shape index (κ3) is 2.03. The van der Waals surface area contributed by atoms with Crippen molar-refractivity contribution < 1.29 is 19.0 Å². The number of hydrogen-bond acceptors (Lipinski definition) is 4. The summed E-state index contributed by atoms with van der Waals surface area (Å²) in [7, 11) is 0. The van der Waals surface area contributed by atoms with Gasteiger partial charge in [-0.05, 0) is 0 Å². The molecule has 6 heteroatoms. The van der Waals surface area contributed by atoms with Crippen LogP contribution in [0.25, 0.3) is 0 Å². The summed E-state index contributed by atoms with van der Waals surface area (Å²) in [5, 5.41) is 10.9. The molecule has 0 aliphatic carbocycles. The van der Waals surface area contributed by atoms with Gasteiger partial charge in [0, 0.05) is 6.20 Å². The quantitative estimate of drug-likeness (QED) is 0.624. The topological polar surface area (TPSA) is 70.9 Å². The molecule has 5 nitrogen and oxygen atoms in total. The molecule has 12 heavy (non-hydrogen) atoms. The molecule has 0 bridgehead atoms. The predicted octanol–water partition coefficient (Wildman–Crippen LogP) is -0.144. The number of rotatable bonds is 3. The van der Waals surface area contributed by atoms with E-state index in [4.69, 9.17) is 5.11 Å². The van der Waals surface area contributed by atoms with Crippen molar-refractivity contribution in [2.24, 2.45) is 4.99 Å². The minimum absolute atomic E-state index is 0.131. The van der Waals surface area contributed by atoms with Crippen molar-refractivity contribution in [2.45, 2.75) is 6.23 Å². The average Bonchev–Trinajstić information content (AvgIpc) is 2.06. The van der Waals surface area contributed by atoms with Crippen LogP contribution < -0.4 is 5.32 Å². The lowest BCUT2D eigenvalue weighted by atomic mass is 10.4. The molecule has 0 spiro atoms. The van der Waals surface area contributed by atoms with E-state index in [1.807, 2.05) is 0 Å². The van der Waals surface area contributed by atoms with Gasteiger partial charge < -0.3 is 15.2 Å². The Kier molecular flexibility index (Phi) is 2.76. The summed E-state index contributed by atoms with van der Waals surface area (Å²) in [6, 6.07) is 0. The van der Waals surface area contributed by atoms with Gasteiger partial charge in [-0.25, -0.2) is 14.2 Å². The van der Waals surface area contributed by atoms with E-state index in [-0.39, 0.29) is 5.70 Å². The molecule has 0 aromatic heterocycles. The second kappa shape index (κ2) is 3.82. The summed E-state index contributed by atoms with van der Waals surface area (Å²) in [4.78, 5) is 13.8. The molecule has 1 atom stereocenters. The van der Waals surface area contributed by atoms with Crippen LogP contribution in [0.5, 0.6) is 0 Å². The lowest BCUT2D eigenvalue weighted by molar-refractivity contribution is -0.132. The molecule has 0 aromatic carbocycles. The molecule has 1 heterocycles. The van der Waals surface area contributed by atoms with Gasteiger partial charge in [0.2, 0.25) is 0 Å². The highest BCUT2D eigenvalue weighted by Gasteiger charge is 2.12. The number of halogens is 1. The fourth-order valence-corrected chi connectivity index (χ4v) is 0.665. The first-order chi connectivity index (χ1) is 5.74. The summed E-state index contributed by atoms with van der Waals surface area (Å²) in [6.45, 7) is -0.945. The number of alkyl halides is 1. The molecule has 0 fully saturated rings. The highest BCUT2D eigenvalue weighted by Crippen LogP contribution is 2.01. The first-order valence-corrected chi connectivity index (χ1v) is 3.15. The van der Waals surface area contributed by atoms with Gasteiger partial charge >= 0.3 is 5.97 Å². The fraction of sp³-hybridized carbons (Fsp3) is 0.333. The summed E-state index contributed by atoms with van der Waals surface area (Å²) in [5.41, 5.74) is -0.131. The zero-order valence-corrected chi connectivity index (χ0v) is 6.03. The van der Waals surface area contributed by atoms with Crippen LogP contribution in [-0.2, 0) is 9.53 Å². The summed E-state index contributed by atoms with van der Waals surface area (Å²) < 4.78 is 16.0. The van der Waals surface area contributed by atoms with Crippen LogP contribution in [0.15, 0.2) is 16.9 Å². The molecule has 66 valence electrons. The maximum absolute atomic E-state index is 11.6. The van der Waals surface area contributed by atoms with E-state index in [1.165, 1.54) is 6.21 Å². The van der Waals surface area contributed by atoms with Crippen molar-refractivity contribution in [3.63, 3.8) is 0 Å². The molecule has 0 radical (unpaired) electrons. The first-order valence-electron chi connectivity index (χ1n) is 3.15. The van der Waals surface area contributed by atoms with E-state index in [0.29, 0.717) is 0 Å². The van der Waals surface area contributed by atoms with Crippen molar-refractivity contribution >= 4 is 12.2 Å². The van der Waals surface area contributed by atoms with Gasteiger partial charge in [0.25, 0.3) is 0 Å². The number of aliphatic carboxylic acids is 1. The number of nitrogens with zero attached hydrogens (tertiary/aromatic N) is 1. The monoisotopic (exact) mass is 174 g/mol. The van der Waals surface area contributed by atoms with Crippen LogP contribution in [0.3, 0.4) is 0 Å². The molecule has 1 unspecified atom stereocenters. The number of nitrogens with one attached hydrogen (secondary N) is 1. The molecule has 1 aliphatic rings. The van der Waals surface area contributed by atoms with Crippen molar-refractivity contribution in [3.05, 3.63) is 11.9 Å². The van der Waals surface area contributed by atoms with Gasteiger partial charge in [-0.1, -0.05) is 0 Å². The minimum atomic E-state index is -1.14. The molecule has 0 saturated carbocycles. The lowest BCUT2D eigenvalue weighted by Crippen LogP contribution is -2.32. The third-order valence-corrected chi connectivity index (χ3v) is 1.20. The number of hydrogen-bond donors (Lipinski definition) is 2. The highest BCUT2D eigenvalue weighted by atomic mass is 19.1. The number of carboxylic acids is 1. The van der Waals surface area contributed by atoms with E-state index >= 15 is 0 Å². The second-order valence-electron chi connectivity index (χ2n) is 1.98. The number of carboxylic acid groups (broad SMARTS) is 1. The first kappa shape index (κ1) is 8.66. The molecule has 2 N–H and O–H groups in total. The smallest absolute Gasteiger partial charge is 0.355 e. The maximum Gasteiger partial charge on any atom is 0.355 e. The Hall–Kier alpha value is -1.43. The van der Waals surface area contributed by atoms with Gasteiger partial charge in [-0.3, -0.25) is 0 Å². The number of aliphatic imine (C=N–C) groups is 1. The van der Waals surface area contributed by atoms with Crippen LogP contribution in [-0.4, -0.2) is 30.4 Å². The van der Waals surface area contributed by atoms with Gasteiger partial charge in [-0.15, -0.1) is 0 Å². The van der Waals surface area contributed by atoms with Crippen LogP contribution >= 0.6 is 0 Å². The molecule has 0 saturated heterocycles. The zero-order valence-electron chi connectivity index (χ0n) is 6.03. The maximum atomic E-state index is 11.6. The minimum Gasteiger partial charge on any atom is -0.476 e. The lowest BCUT2D eigenvalue weighted by Gasteiger charge is -2.14. The Labute approximate surface area is 67.5 Å². The van der Waals surface area contributed by atoms with E-state index in [2.05, 4.69) is 15.0 Å². The summed E-state index contributed by atoms with van der Waals surface area (Å²) in [6.07, 6.45) is 1.66. The van der Waals surface area contributed by atoms with E-state index in [9.17, 15) is 9.18 Å². The Morgan fingerprint density at radius 1 is 1.92 bits per heavy atom. The van der Waals surface area contributed by atoms with Gasteiger partial charge in [0.15, 0.2) is 18.8 Å². The average molecular weight is 174 g/mol. The second-order valence-corrected chi connectivity index (χ2v) is 1.98. The van der Waals surface area contributed by atoms with Crippen molar-refractivity contribution in [1.29, 1.82) is 0 Å². The SMILES string of the molecule is O=C(O)C1=CNC(OCF)C=N1. The predicted molar refractivity (Wildman–Crippen MR) is 38.2 cm³/mol. The van der Waals surface area contributed by atoms with Crippen LogP contribution in [0.4, 0.5) is 4.39 Å². The van der Waals surface area contributed by atoms with Crippen LogP contribution in [0, 0.1) is 0 Å². The van der Waals surface area contributed by atoms with Crippen LogP contribution in [0.1, 0.15) is 0 Å². The van der Waals surface area contributed by atoms with Gasteiger partial charge in [0.05, 0.1) is 6.21 Å². The summed E-state index contributed by atoms with van der Waals surface area (Å²) >= 11 is 0. The molecular formula is C6H7FN2O3. The van der Waals surface area contributed by atoms with Crippen molar-refractivity contribution in [1.82, 2.24) is 5.32 Å². The normalized spacial score (nSPS) is 21.4. The van der Waals surface area contributed by atoms with E-state index in [0.717, 1.165) is 6.20 Å². The largest absolute Gasteiger partial charge is 0.476 e. The number of ether oxygens (including phenoxy) is 1. The van der Waals surface area contributed by atoms with Gasteiger partial charge in [0.1, 0.15) is 0 Å². The number of carbonyl (C=O) groups is 1. The summed E-state index contributed by atoms with van der Waals surface area (Å²) in [5.74, 6) is -1.14. The Morgan fingerprint density at radius 3 is 3.08 bits per heavy atom. The fourth-order valence-electron chi connectivity index (χ4n) is 0.665. The Balaban J connectivity index is 2.49. The zero-order chi connectivity index (χ0) is 8.97.